The van der Waals surface area contributed by atoms with E-state index in [-0.39, 0.29) is 0 Å². The highest BCUT2D eigenvalue weighted by Crippen LogP contribution is 2.40. The summed E-state index contributed by atoms with van der Waals surface area (Å²) in [5.74, 6) is 0.673. The summed E-state index contributed by atoms with van der Waals surface area (Å²) in [6.07, 6.45) is 0.807. The minimum absolute atomic E-state index is 0.673. The van der Waals surface area contributed by atoms with Crippen molar-refractivity contribution in [3.05, 3.63) is 187 Å². The number of rotatable bonds is 5. The Morgan fingerprint density at radius 1 is 0.519 bits per heavy atom. The zero-order chi connectivity index (χ0) is 35.8. The minimum Gasteiger partial charge on any atom is -0.278 e. The van der Waals surface area contributed by atoms with Crippen LogP contribution in [-0.2, 0) is 6.42 Å². The molecule has 0 saturated carbocycles. The van der Waals surface area contributed by atoms with Gasteiger partial charge in [0.25, 0.3) is 0 Å². The average Bonchev–Trinajstić information content (AvgIpc) is 3.76. The van der Waals surface area contributed by atoms with E-state index in [4.69, 9.17) is 9.97 Å². The second-order valence-corrected chi connectivity index (χ2v) is 15.3. The lowest BCUT2D eigenvalue weighted by Gasteiger charge is -2.14. The van der Waals surface area contributed by atoms with Crippen molar-refractivity contribution < 1.29 is 0 Å². The van der Waals surface area contributed by atoms with Gasteiger partial charge in [-0.3, -0.25) is 4.57 Å². The molecule has 0 saturated heterocycles. The fourth-order valence-electron chi connectivity index (χ4n) is 8.45. The molecule has 3 heterocycles. The third-order valence-electron chi connectivity index (χ3n) is 11.0. The quantitative estimate of drug-likeness (QED) is 0.178. The number of hydrogen-bond acceptors (Lipinski definition) is 3. The fourth-order valence-corrected chi connectivity index (χ4v) is 9.53. The Labute approximate surface area is 316 Å². The van der Waals surface area contributed by atoms with Crippen LogP contribution in [0.3, 0.4) is 0 Å². The van der Waals surface area contributed by atoms with Gasteiger partial charge in [0.05, 0.1) is 22.2 Å². The van der Waals surface area contributed by atoms with E-state index >= 15 is 0 Å². The van der Waals surface area contributed by atoms with Gasteiger partial charge in [-0.2, -0.15) is 0 Å². The predicted octanol–water partition coefficient (Wildman–Crippen LogP) is 13.5. The predicted molar refractivity (Wildman–Crippen MR) is 229 cm³/mol. The summed E-state index contributed by atoms with van der Waals surface area (Å²) in [5.41, 5.74) is 11.5. The number of fused-ring (bicyclic) bond motifs is 9. The fraction of sp³-hybridized carbons (Fsp3) is 0.0400. The van der Waals surface area contributed by atoms with Crippen molar-refractivity contribution in [1.29, 1.82) is 0 Å². The lowest BCUT2D eigenvalue weighted by molar-refractivity contribution is 1.01. The maximum absolute atomic E-state index is 5.50. The summed E-state index contributed by atoms with van der Waals surface area (Å²) in [6.45, 7) is 2.19. The number of hydrogen-bond donors (Lipinski definition) is 0. The van der Waals surface area contributed by atoms with Crippen molar-refractivity contribution in [2.75, 3.05) is 0 Å². The van der Waals surface area contributed by atoms with Crippen molar-refractivity contribution >= 4 is 75.0 Å². The van der Waals surface area contributed by atoms with Crippen molar-refractivity contribution in [2.45, 2.75) is 13.3 Å². The number of para-hydroxylation sites is 1. The van der Waals surface area contributed by atoms with Crippen molar-refractivity contribution in [3.8, 4) is 28.3 Å². The molecule has 0 fully saturated rings. The number of aromatic nitrogens is 3. The van der Waals surface area contributed by atoms with Crippen LogP contribution in [0.4, 0.5) is 0 Å². The topological polar surface area (TPSA) is 30.7 Å². The van der Waals surface area contributed by atoms with Gasteiger partial charge in [-0.1, -0.05) is 133 Å². The zero-order valence-corrected chi connectivity index (χ0v) is 30.4. The first-order valence-corrected chi connectivity index (χ1v) is 19.3. The molecule has 0 aliphatic rings. The average molecular weight is 708 g/mol. The molecule has 4 heteroatoms. The minimum atomic E-state index is 0.673. The molecule has 0 aliphatic heterocycles. The van der Waals surface area contributed by atoms with Crippen LogP contribution in [0.25, 0.3) is 92.0 Å². The van der Waals surface area contributed by atoms with E-state index in [9.17, 15) is 0 Å². The number of benzene rings is 8. The van der Waals surface area contributed by atoms with E-state index < -0.39 is 0 Å². The summed E-state index contributed by atoms with van der Waals surface area (Å²) in [5, 5.41) is 8.45. The van der Waals surface area contributed by atoms with Gasteiger partial charge >= 0.3 is 0 Å². The molecule has 11 rings (SSSR count). The maximum atomic E-state index is 5.50. The third-order valence-corrected chi connectivity index (χ3v) is 12.2. The van der Waals surface area contributed by atoms with E-state index in [2.05, 4.69) is 181 Å². The van der Waals surface area contributed by atoms with Crippen LogP contribution in [-0.4, -0.2) is 14.5 Å². The van der Waals surface area contributed by atoms with Gasteiger partial charge in [-0.05, 0) is 88.3 Å². The summed E-state index contributed by atoms with van der Waals surface area (Å²) >= 11 is 1.84. The molecule has 11 aromatic rings. The van der Waals surface area contributed by atoms with Crippen LogP contribution in [0, 0.1) is 6.92 Å². The molecule has 0 unspecified atom stereocenters. The van der Waals surface area contributed by atoms with Crippen LogP contribution in [0.15, 0.2) is 170 Å². The Morgan fingerprint density at radius 2 is 1.26 bits per heavy atom. The molecule has 0 atom stereocenters. The largest absolute Gasteiger partial charge is 0.278 e. The van der Waals surface area contributed by atoms with Crippen molar-refractivity contribution in [2.24, 2.45) is 0 Å². The Balaban J connectivity index is 1.16. The van der Waals surface area contributed by atoms with E-state index in [1.165, 1.54) is 69.5 Å². The molecule has 8 aromatic carbocycles. The maximum Gasteiger partial charge on any atom is 0.235 e. The summed E-state index contributed by atoms with van der Waals surface area (Å²) in [7, 11) is 0. The van der Waals surface area contributed by atoms with E-state index in [0.29, 0.717) is 5.95 Å². The zero-order valence-electron chi connectivity index (χ0n) is 29.6. The summed E-state index contributed by atoms with van der Waals surface area (Å²) in [4.78, 5) is 10.8. The first-order valence-electron chi connectivity index (χ1n) is 18.5. The van der Waals surface area contributed by atoms with Gasteiger partial charge in [0.2, 0.25) is 5.95 Å². The van der Waals surface area contributed by atoms with Crippen LogP contribution in [0.5, 0.6) is 0 Å². The van der Waals surface area contributed by atoms with Crippen LogP contribution in [0.1, 0.15) is 16.7 Å². The Hall–Kier alpha value is -6.62. The normalized spacial score (nSPS) is 11.9. The molecule has 54 heavy (non-hydrogen) atoms. The van der Waals surface area contributed by atoms with Gasteiger partial charge in [-0.15, -0.1) is 11.3 Å². The molecule has 0 aliphatic carbocycles. The second kappa shape index (κ2) is 12.2. The molecule has 0 amide bonds. The van der Waals surface area contributed by atoms with E-state index in [1.807, 2.05) is 11.3 Å². The van der Waals surface area contributed by atoms with Gasteiger partial charge in [0, 0.05) is 41.9 Å². The van der Waals surface area contributed by atoms with Gasteiger partial charge < -0.3 is 0 Å². The smallest absolute Gasteiger partial charge is 0.235 e. The van der Waals surface area contributed by atoms with Gasteiger partial charge in [-0.25, -0.2) is 9.97 Å². The highest BCUT2D eigenvalue weighted by atomic mass is 32.1. The van der Waals surface area contributed by atoms with Gasteiger partial charge in [0.1, 0.15) is 0 Å². The number of aryl methyl sites for hydroxylation is 1. The highest BCUT2D eigenvalue weighted by molar-refractivity contribution is 7.25. The van der Waals surface area contributed by atoms with E-state index in [0.717, 1.165) is 39.6 Å². The second-order valence-electron chi connectivity index (χ2n) is 14.2. The molecule has 0 bridgehead atoms. The van der Waals surface area contributed by atoms with Crippen LogP contribution in [0.2, 0.25) is 0 Å². The summed E-state index contributed by atoms with van der Waals surface area (Å²) < 4.78 is 4.87. The third kappa shape index (κ3) is 4.88. The molecule has 0 radical (unpaired) electrons. The SMILES string of the molecule is Cc1ccccc1-c1ccccc1Cc1ccc2c3c4ccccc4ccc3n(-c3nc(-c4ccc5sc6ccccc6c5c4)c4ccccc4n3)c2c1. The highest BCUT2D eigenvalue weighted by Gasteiger charge is 2.20. The summed E-state index contributed by atoms with van der Waals surface area (Å²) in [6, 6.07) is 61.5. The Bertz CT molecular complexity index is 3280. The van der Waals surface area contributed by atoms with Crippen LogP contribution < -0.4 is 0 Å². The number of thiophene rings is 1. The van der Waals surface area contributed by atoms with Crippen molar-refractivity contribution in [3.63, 3.8) is 0 Å². The van der Waals surface area contributed by atoms with Gasteiger partial charge in [0.15, 0.2) is 0 Å². The lowest BCUT2D eigenvalue weighted by atomic mass is 9.92. The monoisotopic (exact) mass is 707 g/mol. The lowest BCUT2D eigenvalue weighted by Crippen LogP contribution is -2.04. The standard InChI is InChI=1S/C50H33N3S/c1-31-12-2-5-15-36(31)37-16-6-4-14-34(37)28-32-22-25-41-45(29-32)53(44-26-23-33-13-3-7-17-38(33)48(41)44)50-51-43-20-10-8-19-40(43)49(52-50)35-24-27-47-42(30-35)39-18-9-11-21-46(39)54-47/h2-27,29-30H,28H2,1H3. The van der Waals surface area contributed by atoms with Crippen LogP contribution >= 0.6 is 11.3 Å². The van der Waals surface area contributed by atoms with Crippen molar-refractivity contribution in [1.82, 2.24) is 14.5 Å². The molecule has 3 aromatic heterocycles. The molecule has 0 N–H and O–H groups in total. The Kier molecular flexibility index (Phi) is 7.01. The molecular weight excluding hydrogens is 675 g/mol. The van der Waals surface area contributed by atoms with E-state index in [1.54, 1.807) is 0 Å². The molecule has 3 nitrogen and oxygen atoms in total. The molecule has 0 spiro atoms. The molecule has 254 valence electrons. The Morgan fingerprint density at radius 3 is 2.17 bits per heavy atom. The molecular formula is C50H33N3S. The first-order chi connectivity index (χ1) is 26.7. The first kappa shape index (κ1) is 31.0. The number of nitrogens with zero attached hydrogens (tertiary/aromatic N) is 3.